The van der Waals surface area contributed by atoms with Crippen molar-refractivity contribution in [3.05, 3.63) is 0 Å². The zero-order valence-corrected chi connectivity index (χ0v) is 12.6. The van der Waals surface area contributed by atoms with Crippen molar-refractivity contribution in [2.75, 3.05) is 0 Å². The second kappa shape index (κ2) is 4.24. The Kier molecular flexibility index (Phi) is 3.73. The SMILES string of the molecule is CCC(O)(CC)C1(N)CC(C)(C)CC(C)(C)C1. The predicted octanol–water partition coefficient (Wildman–Crippen LogP) is 3.47. The highest BCUT2D eigenvalue weighted by atomic mass is 16.3. The third-order valence-electron chi connectivity index (χ3n) is 4.64. The monoisotopic (exact) mass is 241 g/mol. The highest BCUT2D eigenvalue weighted by Crippen LogP contribution is 2.53. The molecule has 1 aliphatic carbocycles. The van der Waals surface area contributed by atoms with E-state index in [0.717, 1.165) is 25.7 Å². The van der Waals surface area contributed by atoms with Crippen molar-refractivity contribution in [1.29, 1.82) is 0 Å². The zero-order valence-electron chi connectivity index (χ0n) is 12.6. The van der Waals surface area contributed by atoms with Gasteiger partial charge in [0.05, 0.1) is 5.60 Å². The molecule has 0 aromatic heterocycles. The molecule has 0 aromatic carbocycles. The third kappa shape index (κ3) is 2.85. The van der Waals surface area contributed by atoms with Crippen LogP contribution in [0, 0.1) is 10.8 Å². The highest BCUT2D eigenvalue weighted by molar-refractivity contribution is 5.10. The van der Waals surface area contributed by atoms with Crippen LogP contribution in [0.1, 0.15) is 73.6 Å². The second-order valence-electron chi connectivity index (χ2n) is 7.75. The summed E-state index contributed by atoms with van der Waals surface area (Å²) in [5.41, 5.74) is 5.93. The van der Waals surface area contributed by atoms with Crippen LogP contribution in [0.15, 0.2) is 0 Å². The van der Waals surface area contributed by atoms with Gasteiger partial charge < -0.3 is 10.8 Å². The Labute approximate surface area is 107 Å². The lowest BCUT2D eigenvalue weighted by molar-refractivity contribution is -0.102. The van der Waals surface area contributed by atoms with Gasteiger partial charge in [0.25, 0.3) is 0 Å². The van der Waals surface area contributed by atoms with Crippen LogP contribution in [0.5, 0.6) is 0 Å². The Balaban J connectivity index is 3.10. The van der Waals surface area contributed by atoms with E-state index in [1.54, 1.807) is 0 Å². The van der Waals surface area contributed by atoms with E-state index in [0.29, 0.717) is 0 Å². The number of aliphatic hydroxyl groups is 1. The quantitative estimate of drug-likeness (QED) is 0.794. The van der Waals surface area contributed by atoms with Crippen molar-refractivity contribution >= 4 is 0 Å². The van der Waals surface area contributed by atoms with Gasteiger partial charge in [0, 0.05) is 5.54 Å². The normalized spacial score (nSPS) is 26.8. The van der Waals surface area contributed by atoms with E-state index in [1.165, 1.54) is 6.42 Å². The fraction of sp³-hybridized carbons (Fsp3) is 1.00. The Bertz CT molecular complexity index is 261. The van der Waals surface area contributed by atoms with Gasteiger partial charge in [-0.3, -0.25) is 0 Å². The summed E-state index contributed by atoms with van der Waals surface area (Å²) in [5, 5.41) is 10.9. The topological polar surface area (TPSA) is 46.2 Å². The molecule has 0 aromatic rings. The molecule has 102 valence electrons. The summed E-state index contributed by atoms with van der Waals surface area (Å²) in [5.74, 6) is 0. The smallest absolute Gasteiger partial charge is 0.0821 e. The van der Waals surface area contributed by atoms with E-state index in [9.17, 15) is 5.11 Å². The maximum absolute atomic E-state index is 10.9. The van der Waals surface area contributed by atoms with Crippen LogP contribution >= 0.6 is 0 Å². The van der Waals surface area contributed by atoms with Crippen LogP contribution < -0.4 is 5.73 Å². The maximum atomic E-state index is 10.9. The van der Waals surface area contributed by atoms with Crippen LogP contribution in [-0.2, 0) is 0 Å². The molecule has 1 aliphatic rings. The molecular formula is C15H31NO. The van der Waals surface area contributed by atoms with Gasteiger partial charge in [-0.1, -0.05) is 41.5 Å². The molecule has 0 unspecified atom stereocenters. The molecule has 0 bridgehead atoms. The molecule has 0 heterocycles. The maximum Gasteiger partial charge on any atom is 0.0821 e. The van der Waals surface area contributed by atoms with E-state index in [1.807, 2.05) is 13.8 Å². The molecule has 0 radical (unpaired) electrons. The molecule has 1 rings (SSSR count). The fourth-order valence-corrected chi connectivity index (χ4v) is 4.47. The standard InChI is InChI=1S/C15H31NO/c1-7-15(17,8-2)14(16)10-12(3,4)9-13(5,6)11-14/h17H,7-11,16H2,1-6H3. The fourth-order valence-electron chi connectivity index (χ4n) is 4.47. The van der Waals surface area contributed by atoms with Crippen LogP contribution in [0.3, 0.4) is 0 Å². The summed E-state index contributed by atoms with van der Waals surface area (Å²) in [7, 11) is 0. The van der Waals surface area contributed by atoms with Crippen molar-refractivity contribution in [3.63, 3.8) is 0 Å². The van der Waals surface area contributed by atoms with Gasteiger partial charge in [-0.2, -0.15) is 0 Å². The molecule has 0 amide bonds. The molecule has 0 saturated heterocycles. The Morgan fingerprint density at radius 3 is 1.59 bits per heavy atom. The van der Waals surface area contributed by atoms with Crippen molar-refractivity contribution in [3.8, 4) is 0 Å². The van der Waals surface area contributed by atoms with E-state index >= 15 is 0 Å². The van der Waals surface area contributed by atoms with Crippen LogP contribution in [-0.4, -0.2) is 16.2 Å². The average molecular weight is 241 g/mol. The molecule has 0 spiro atoms. The second-order valence-corrected chi connectivity index (χ2v) is 7.75. The Morgan fingerprint density at radius 1 is 0.941 bits per heavy atom. The molecule has 2 heteroatoms. The van der Waals surface area contributed by atoms with Gasteiger partial charge in [0.1, 0.15) is 0 Å². The van der Waals surface area contributed by atoms with E-state index < -0.39 is 11.1 Å². The molecular weight excluding hydrogens is 210 g/mol. The van der Waals surface area contributed by atoms with Crippen molar-refractivity contribution < 1.29 is 5.11 Å². The lowest BCUT2D eigenvalue weighted by Gasteiger charge is -2.56. The molecule has 3 N–H and O–H groups in total. The van der Waals surface area contributed by atoms with Crippen LogP contribution in [0.25, 0.3) is 0 Å². The number of rotatable bonds is 3. The predicted molar refractivity (Wildman–Crippen MR) is 73.9 cm³/mol. The van der Waals surface area contributed by atoms with Gasteiger partial charge in [-0.15, -0.1) is 0 Å². The summed E-state index contributed by atoms with van der Waals surface area (Å²) in [4.78, 5) is 0. The Hall–Kier alpha value is -0.0800. The molecule has 1 fully saturated rings. The first kappa shape index (κ1) is 15.0. The summed E-state index contributed by atoms with van der Waals surface area (Å²) in [6, 6.07) is 0. The minimum atomic E-state index is -0.720. The summed E-state index contributed by atoms with van der Waals surface area (Å²) in [6.45, 7) is 13.2. The van der Waals surface area contributed by atoms with Crippen molar-refractivity contribution in [2.45, 2.75) is 84.8 Å². The number of hydrogen-bond donors (Lipinski definition) is 2. The van der Waals surface area contributed by atoms with E-state index in [-0.39, 0.29) is 10.8 Å². The van der Waals surface area contributed by atoms with Gasteiger partial charge in [0.15, 0.2) is 0 Å². The minimum absolute atomic E-state index is 0.217. The van der Waals surface area contributed by atoms with Crippen LogP contribution in [0.2, 0.25) is 0 Å². The van der Waals surface area contributed by atoms with E-state index in [2.05, 4.69) is 27.7 Å². The van der Waals surface area contributed by atoms with Crippen molar-refractivity contribution in [1.82, 2.24) is 0 Å². The first-order valence-electron chi connectivity index (χ1n) is 7.00. The summed E-state index contributed by atoms with van der Waals surface area (Å²) < 4.78 is 0. The van der Waals surface area contributed by atoms with Crippen molar-refractivity contribution in [2.24, 2.45) is 16.6 Å². The largest absolute Gasteiger partial charge is 0.388 e. The lowest BCUT2D eigenvalue weighted by Crippen LogP contribution is -2.65. The zero-order chi connectivity index (χ0) is 13.5. The lowest BCUT2D eigenvalue weighted by atomic mass is 9.54. The number of hydrogen-bond acceptors (Lipinski definition) is 2. The summed E-state index contributed by atoms with van der Waals surface area (Å²) in [6.07, 6.45) is 4.50. The van der Waals surface area contributed by atoms with Gasteiger partial charge in [0.2, 0.25) is 0 Å². The molecule has 0 atom stereocenters. The summed E-state index contributed by atoms with van der Waals surface area (Å²) >= 11 is 0. The van der Waals surface area contributed by atoms with Gasteiger partial charge >= 0.3 is 0 Å². The molecule has 2 nitrogen and oxygen atoms in total. The third-order valence-corrected chi connectivity index (χ3v) is 4.64. The van der Waals surface area contributed by atoms with Gasteiger partial charge in [-0.25, -0.2) is 0 Å². The Morgan fingerprint density at radius 2 is 1.29 bits per heavy atom. The molecule has 17 heavy (non-hydrogen) atoms. The highest BCUT2D eigenvalue weighted by Gasteiger charge is 2.54. The number of nitrogens with two attached hydrogens (primary N) is 1. The molecule has 0 aliphatic heterocycles. The molecule has 1 saturated carbocycles. The first-order chi connectivity index (χ1) is 7.49. The average Bonchev–Trinajstić information content (AvgIpc) is 2.10. The first-order valence-corrected chi connectivity index (χ1v) is 7.00. The van der Waals surface area contributed by atoms with E-state index in [4.69, 9.17) is 5.73 Å². The van der Waals surface area contributed by atoms with Gasteiger partial charge in [-0.05, 0) is 42.9 Å². The van der Waals surface area contributed by atoms with Crippen LogP contribution in [0.4, 0.5) is 0 Å². The minimum Gasteiger partial charge on any atom is -0.388 e.